The van der Waals surface area contributed by atoms with Crippen LogP contribution in [0.2, 0.25) is 0 Å². The number of ether oxygens (including phenoxy) is 2. The molecule has 0 aliphatic carbocycles. The molecule has 0 atom stereocenters. The molecule has 0 saturated heterocycles. The summed E-state index contributed by atoms with van der Waals surface area (Å²) in [5, 5.41) is 3.31. The maximum atomic E-state index is 12.8. The Hall–Kier alpha value is -1.59. The van der Waals surface area contributed by atoms with Crippen molar-refractivity contribution < 1.29 is 13.9 Å². The maximum Gasteiger partial charge on any atom is 0.231 e. The Morgan fingerprint density at radius 2 is 1.55 bits per heavy atom. The van der Waals surface area contributed by atoms with Crippen molar-refractivity contribution in [2.75, 3.05) is 6.79 Å². The molecule has 0 spiro atoms. The Kier molecular flexibility index (Phi) is 4.98. The molecule has 106 valence electrons. The Bertz CT molecular complexity index is 575. The minimum atomic E-state index is -0.209. The fraction of sp³-hybridized carbons (Fsp3) is 0.200. The average molecular weight is 340 g/mol. The molecule has 2 aromatic rings. The highest BCUT2D eigenvalue weighted by Crippen LogP contribution is 2.32. The summed E-state index contributed by atoms with van der Waals surface area (Å²) in [5.41, 5.74) is 2.19. The van der Waals surface area contributed by atoms with Crippen molar-refractivity contribution in [3.8, 4) is 11.5 Å². The molecule has 0 fully saturated rings. The topological polar surface area (TPSA) is 30.5 Å². The normalized spacial score (nSPS) is 12.1. The molecule has 2 aromatic carbocycles. The lowest BCUT2D eigenvalue weighted by Crippen LogP contribution is -2.12. The van der Waals surface area contributed by atoms with Crippen LogP contribution in [0.15, 0.2) is 42.5 Å². The van der Waals surface area contributed by atoms with Crippen LogP contribution in [0.1, 0.15) is 11.1 Å². The van der Waals surface area contributed by atoms with E-state index in [4.69, 9.17) is 9.47 Å². The van der Waals surface area contributed by atoms with Gasteiger partial charge in [0.15, 0.2) is 11.5 Å². The van der Waals surface area contributed by atoms with Gasteiger partial charge in [0.05, 0.1) is 0 Å². The van der Waals surface area contributed by atoms with Crippen molar-refractivity contribution >= 4 is 17.0 Å². The quantitative estimate of drug-likeness (QED) is 0.925. The summed E-state index contributed by atoms with van der Waals surface area (Å²) >= 11 is 0. The molecule has 0 radical (unpaired) electrons. The standard InChI is InChI=1S/C15H14FNO2.BrH/c16-13-4-1-11(2-5-13)8-17-9-12-3-6-14-15(7-12)19-10-18-14;/h1-7,17H,8-10H2;1H. The van der Waals surface area contributed by atoms with Crippen LogP contribution in [0.3, 0.4) is 0 Å². The van der Waals surface area contributed by atoms with Crippen LogP contribution < -0.4 is 14.8 Å². The number of hydrogen-bond donors (Lipinski definition) is 1. The predicted molar refractivity (Wildman–Crippen MR) is 79.8 cm³/mol. The molecule has 3 rings (SSSR count). The van der Waals surface area contributed by atoms with E-state index in [9.17, 15) is 4.39 Å². The first-order chi connectivity index (χ1) is 9.31. The van der Waals surface area contributed by atoms with Gasteiger partial charge < -0.3 is 14.8 Å². The van der Waals surface area contributed by atoms with Gasteiger partial charge in [0.2, 0.25) is 6.79 Å². The number of nitrogens with one attached hydrogen (secondary N) is 1. The number of halogens is 2. The van der Waals surface area contributed by atoms with E-state index in [1.807, 2.05) is 18.2 Å². The first kappa shape index (κ1) is 14.8. The van der Waals surface area contributed by atoms with Gasteiger partial charge in [-0.2, -0.15) is 0 Å². The summed E-state index contributed by atoms with van der Waals surface area (Å²) in [5.74, 6) is 1.38. The van der Waals surface area contributed by atoms with Gasteiger partial charge in [-0.1, -0.05) is 18.2 Å². The van der Waals surface area contributed by atoms with Gasteiger partial charge in [-0.15, -0.1) is 17.0 Å². The molecular formula is C15H15BrFNO2. The lowest BCUT2D eigenvalue weighted by Gasteiger charge is -2.06. The summed E-state index contributed by atoms with van der Waals surface area (Å²) < 4.78 is 23.3. The number of fused-ring (bicyclic) bond motifs is 1. The summed E-state index contributed by atoms with van der Waals surface area (Å²) in [6, 6.07) is 12.4. The highest BCUT2D eigenvalue weighted by molar-refractivity contribution is 8.93. The van der Waals surface area contributed by atoms with Gasteiger partial charge in [-0.25, -0.2) is 4.39 Å². The van der Waals surface area contributed by atoms with Crippen LogP contribution in [0, 0.1) is 5.82 Å². The monoisotopic (exact) mass is 339 g/mol. The van der Waals surface area contributed by atoms with Crippen LogP contribution >= 0.6 is 17.0 Å². The summed E-state index contributed by atoms with van der Waals surface area (Å²) in [4.78, 5) is 0. The lowest BCUT2D eigenvalue weighted by atomic mass is 10.2. The Morgan fingerprint density at radius 3 is 2.35 bits per heavy atom. The van der Waals surface area contributed by atoms with Gasteiger partial charge in [-0.05, 0) is 35.4 Å². The zero-order valence-electron chi connectivity index (χ0n) is 10.8. The zero-order valence-corrected chi connectivity index (χ0v) is 12.5. The maximum absolute atomic E-state index is 12.8. The smallest absolute Gasteiger partial charge is 0.231 e. The molecule has 0 aromatic heterocycles. The highest BCUT2D eigenvalue weighted by Gasteiger charge is 2.12. The fourth-order valence-electron chi connectivity index (χ4n) is 2.00. The van der Waals surface area contributed by atoms with Crippen molar-refractivity contribution in [1.82, 2.24) is 5.32 Å². The van der Waals surface area contributed by atoms with Crippen molar-refractivity contribution in [1.29, 1.82) is 0 Å². The highest BCUT2D eigenvalue weighted by atomic mass is 79.9. The van der Waals surface area contributed by atoms with Gasteiger partial charge >= 0.3 is 0 Å². The van der Waals surface area contributed by atoms with Crippen LogP contribution in [0.25, 0.3) is 0 Å². The molecule has 1 aliphatic rings. The van der Waals surface area contributed by atoms with Crippen LogP contribution in [-0.4, -0.2) is 6.79 Å². The van der Waals surface area contributed by atoms with E-state index in [2.05, 4.69) is 5.32 Å². The zero-order chi connectivity index (χ0) is 13.1. The molecule has 0 bridgehead atoms. The molecule has 0 saturated carbocycles. The second kappa shape index (κ2) is 6.72. The first-order valence-corrected chi connectivity index (χ1v) is 6.15. The van der Waals surface area contributed by atoms with E-state index < -0.39 is 0 Å². The molecular weight excluding hydrogens is 325 g/mol. The molecule has 0 amide bonds. The third-order valence-corrected chi connectivity index (χ3v) is 3.01. The van der Waals surface area contributed by atoms with E-state index >= 15 is 0 Å². The summed E-state index contributed by atoms with van der Waals surface area (Å²) in [6.07, 6.45) is 0. The van der Waals surface area contributed by atoms with Crippen molar-refractivity contribution in [2.45, 2.75) is 13.1 Å². The molecule has 3 nitrogen and oxygen atoms in total. The SMILES string of the molecule is Br.Fc1ccc(CNCc2ccc3c(c2)OCO3)cc1. The van der Waals surface area contributed by atoms with Gasteiger partial charge in [-0.3, -0.25) is 0 Å². The van der Waals surface area contributed by atoms with Gasteiger partial charge in [0, 0.05) is 13.1 Å². The van der Waals surface area contributed by atoms with Gasteiger partial charge in [0.1, 0.15) is 5.82 Å². The van der Waals surface area contributed by atoms with E-state index in [0.29, 0.717) is 13.3 Å². The van der Waals surface area contributed by atoms with Crippen molar-refractivity contribution in [3.05, 3.63) is 59.4 Å². The van der Waals surface area contributed by atoms with E-state index in [0.717, 1.165) is 29.2 Å². The summed E-state index contributed by atoms with van der Waals surface area (Å²) in [6.45, 7) is 1.73. The number of rotatable bonds is 4. The molecule has 20 heavy (non-hydrogen) atoms. The third-order valence-electron chi connectivity index (χ3n) is 3.01. The molecule has 1 N–H and O–H groups in total. The lowest BCUT2D eigenvalue weighted by molar-refractivity contribution is 0.174. The van der Waals surface area contributed by atoms with Crippen molar-refractivity contribution in [2.24, 2.45) is 0 Å². The molecule has 0 unspecified atom stereocenters. The van der Waals surface area contributed by atoms with Crippen LogP contribution in [0.4, 0.5) is 4.39 Å². The summed E-state index contributed by atoms with van der Waals surface area (Å²) in [7, 11) is 0. The minimum absolute atomic E-state index is 0. The average Bonchev–Trinajstić information content (AvgIpc) is 2.88. The molecule has 5 heteroatoms. The third kappa shape index (κ3) is 3.49. The van der Waals surface area contributed by atoms with E-state index in [1.54, 1.807) is 12.1 Å². The van der Waals surface area contributed by atoms with Crippen molar-refractivity contribution in [3.63, 3.8) is 0 Å². The number of benzene rings is 2. The second-order valence-electron chi connectivity index (χ2n) is 4.42. The number of hydrogen-bond acceptors (Lipinski definition) is 3. The first-order valence-electron chi connectivity index (χ1n) is 6.15. The Balaban J connectivity index is 0.00000147. The second-order valence-corrected chi connectivity index (χ2v) is 4.42. The Labute approximate surface area is 127 Å². The fourth-order valence-corrected chi connectivity index (χ4v) is 2.00. The minimum Gasteiger partial charge on any atom is -0.454 e. The largest absolute Gasteiger partial charge is 0.454 e. The van der Waals surface area contributed by atoms with Crippen LogP contribution in [-0.2, 0) is 13.1 Å². The molecule has 1 aliphatic heterocycles. The molecule has 1 heterocycles. The van der Waals surface area contributed by atoms with Gasteiger partial charge in [0.25, 0.3) is 0 Å². The van der Waals surface area contributed by atoms with E-state index in [-0.39, 0.29) is 22.8 Å². The Morgan fingerprint density at radius 1 is 0.900 bits per heavy atom. The predicted octanol–water partition coefficient (Wildman–Crippen LogP) is 3.42. The van der Waals surface area contributed by atoms with Crippen LogP contribution in [0.5, 0.6) is 11.5 Å². The van der Waals surface area contributed by atoms with E-state index in [1.165, 1.54) is 12.1 Å².